The number of cyclic esters (lactones) is 2. The van der Waals surface area contributed by atoms with Crippen LogP contribution in [0.2, 0.25) is 0 Å². The minimum Gasteiger partial charge on any atom is -0.480 e. The van der Waals surface area contributed by atoms with Crippen molar-refractivity contribution in [3.8, 4) is 0 Å². The van der Waals surface area contributed by atoms with Gasteiger partial charge in [0, 0.05) is 13.8 Å². The van der Waals surface area contributed by atoms with Crippen molar-refractivity contribution < 1.29 is 33.8 Å². The predicted molar refractivity (Wildman–Crippen MR) is 50.4 cm³/mol. The molecule has 1 rings (SSSR count). The lowest BCUT2D eigenvalue weighted by Gasteiger charge is -2.32. The monoisotopic (exact) mass is 245 g/mol. The van der Waals surface area contributed by atoms with Gasteiger partial charge in [0.15, 0.2) is 0 Å². The first-order chi connectivity index (χ1) is 7.73. The summed E-state index contributed by atoms with van der Waals surface area (Å²) in [4.78, 5) is 44.3. The molecular formula is C9H11NO7. The molecule has 1 heterocycles. The summed E-state index contributed by atoms with van der Waals surface area (Å²) in [6.07, 6.45) is 0. The fourth-order valence-electron chi connectivity index (χ4n) is 1.20. The van der Waals surface area contributed by atoms with Gasteiger partial charge in [-0.3, -0.25) is 19.2 Å². The summed E-state index contributed by atoms with van der Waals surface area (Å²) in [7, 11) is 0. The first kappa shape index (κ1) is 12.9. The van der Waals surface area contributed by atoms with Crippen LogP contribution in [0.1, 0.15) is 13.8 Å². The Kier molecular flexibility index (Phi) is 3.35. The molecule has 0 bridgehead atoms. The molecule has 8 nitrogen and oxygen atoms in total. The van der Waals surface area contributed by atoms with E-state index >= 15 is 0 Å². The van der Waals surface area contributed by atoms with Crippen LogP contribution in [0.15, 0.2) is 0 Å². The molecule has 94 valence electrons. The van der Waals surface area contributed by atoms with E-state index in [1.54, 1.807) is 0 Å². The number of carboxylic acids is 1. The van der Waals surface area contributed by atoms with Crippen molar-refractivity contribution in [3.63, 3.8) is 0 Å². The maximum Gasteiger partial charge on any atom is 0.333 e. The Balaban J connectivity index is 2.71. The lowest BCUT2D eigenvalue weighted by atomic mass is 10.1. The van der Waals surface area contributed by atoms with Crippen molar-refractivity contribution in [3.05, 3.63) is 0 Å². The maximum atomic E-state index is 11.4. The number of aliphatic carboxylic acids is 1. The fraction of sp³-hybridized carbons (Fsp3) is 0.556. The highest BCUT2D eigenvalue weighted by atomic mass is 16.7. The average molecular weight is 245 g/mol. The molecule has 0 atom stereocenters. The average Bonchev–Trinajstić information content (AvgIpc) is 2.11. The Morgan fingerprint density at radius 1 is 1.29 bits per heavy atom. The second-order valence-electron chi connectivity index (χ2n) is 3.79. The number of hydrogen-bond donors (Lipinski definition) is 2. The van der Waals surface area contributed by atoms with Gasteiger partial charge >= 0.3 is 17.9 Å². The fourth-order valence-corrected chi connectivity index (χ4v) is 1.20. The van der Waals surface area contributed by atoms with Crippen molar-refractivity contribution in [1.82, 2.24) is 5.32 Å². The molecule has 1 aliphatic heterocycles. The summed E-state index contributed by atoms with van der Waals surface area (Å²) in [6, 6.07) is 0. The minimum atomic E-state index is -1.78. The second-order valence-corrected chi connectivity index (χ2v) is 3.79. The lowest BCUT2D eigenvalue weighted by molar-refractivity contribution is -0.238. The van der Waals surface area contributed by atoms with Crippen molar-refractivity contribution in [1.29, 1.82) is 0 Å². The number of rotatable bonds is 3. The predicted octanol–water partition coefficient (Wildman–Crippen LogP) is -1.36. The molecule has 0 unspecified atom stereocenters. The van der Waals surface area contributed by atoms with E-state index in [0.717, 1.165) is 0 Å². The van der Waals surface area contributed by atoms with E-state index in [0.29, 0.717) is 0 Å². The van der Waals surface area contributed by atoms with Crippen LogP contribution in [0.25, 0.3) is 0 Å². The summed E-state index contributed by atoms with van der Waals surface area (Å²) in [5.74, 6) is -7.67. The Morgan fingerprint density at radius 2 is 1.76 bits per heavy atom. The summed E-state index contributed by atoms with van der Waals surface area (Å²) < 4.78 is 9.39. The standard InChI is InChI=1S/C9H11NO7/c1-9(2)16-7(14)5(8(15)17-9)6(13)10-3-4(11)12/h5H,3H2,1-2H3,(H,10,13)(H,11,12). The second kappa shape index (κ2) is 4.40. The molecule has 1 aliphatic rings. The van der Waals surface area contributed by atoms with Crippen molar-refractivity contribution in [2.75, 3.05) is 6.54 Å². The highest BCUT2D eigenvalue weighted by molar-refractivity contribution is 6.15. The normalized spacial score (nSPS) is 19.2. The summed E-state index contributed by atoms with van der Waals surface area (Å²) >= 11 is 0. The zero-order valence-electron chi connectivity index (χ0n) is 9.18. The molecule has 2 N–H and O–H groups in total. The van der Waals surface area contributed by atoms with E-state index < -0.39 is 42.1 Å². The number of nitrogens with one attached hydrogen (secondary N) is 1. The largest absolute Gasteiger partial charge is 0.480 e. The van der Waals surface area contributed by atoms with Crippen LogP contribution in [0.4, 0.5) is 0 Å². The van der Waals surface area contributed by atoms with Gasteiger partial charge in [-0.2, -0.15) is 0 Å². The molecule has 1 saturated heterocycles. The number of carbonyl (C=O) groups excluding carboxylic acids is 3. The zero-order chi connectivity index (χ0) is 13.2. The van der Waals surface area contributed by atoms with E-state index in [1.165, 1.54) is 13.8 Å². The lowest BCUT2D eigenvalue weighted by Crippen LogP contribution is -2.52. The Morgan fingerprint density at radius 3 is 2.18 bits per heavy atom. The van der Waals surface area contributed by atoms with Crippen molar-refractivity contribution >= 4 is 23.8 Å². The molecule has 0 radical (unpaired) electrons. The number of carboxylic acid groups (broad SMARTS) is 1. The maximum absolute atomic E-state index is 11.4. The molecule has 0 saturated carbocycles. The van der Waals surface area contributed by atoms with E-state index in [4.69, 9.17) is 14.6 Å². The SMILES string of the molecule is CC1(C)OC(=O)C(C(=O)NCC(=O)O)C(=O)O1. The summed E-state index contributed by atoms with van der Waals surface area (Å²) in [6.45, 7) is 1.99. The van der Waals surface area contributed by atoms with E-state index in [1.807, 2.05) is 5.32 Å². The van der Waals surface area contributed by atoms with Gasteiger partial charge in [0.1, 0.15) is 6.54 Å². The number of amides is 1. The van der Waals surface area contributed by atoms with Crippen LogP contribution in [0.5, 0.6) is 0 Å². The molecular weight excluding hydrogens is 234 g/mol. The van der Waals surface area contributed by atoms with Gasteiger partial charge in [-0.25, -0.2) is 0 Å². The number of hydrogen-bond acceptors (Lipinski definition) is 6. The van der Waals surface area contributed by atoms with E-state index in [-0.39, 0.29) is 0 Å². The van der Waals surface area contributed by atoms with Crippen LogP contribution in [0.3, 0.4) is 0 Å². The van der Waals surface area contributed by atoms with Crippen LogP contribution < -0.4 is 5.32 Å². The quantitative estimate of drug-likeness (QED) is 0.465. The number of esters is 2. The molecule has 0 spiro atoms. The number of carbonyl (C=O) groups is 4. The van der Waals surface area contributed by atoms with Gasteiger partial charge in [0.05, 0.1) is 0 Å². The molecule has 0 aromatic rings. The third-order valence-corrected chi connectivity index (χ3v) is 1.84. The first-order valence-corrected chi connectivity index (χ1v) is 4.68. The molecule has 0 aromatic heterocycles. The van der Waals surface area contributed by atoms with Crippen LogP contribution in [-0.4, -0.2) is 41.3 Å². The topological polar surface area (TPSA) is 119 Å². The van der Waals surface area contributed by atoms with Gasteiger partial charge < -0.3 is 19.9 Å². The van der Waals surface area contributed by atoms with Gasteiger partial charge in [0.2, 0.25) is 11.8 Å². The molecule has 1 fully saturated rings. The van der Waals surface area contributed by atoms with Gasteiger partial charge in [-0.1, -0.05) is 0 Å². The molecule has 0 aromatic carbocycles. The van der Waals surface area contributed by atoms with Crippen LogP contribution in [-0.2, 0) is 28.7 Å². The molecule has 8 heteroatoms. The highest BCUT2D eigenvalue weighted by Gasteiger charge is 2.47. The van der Waals surface area contributed by atoms with Crippen molar-refractivity contribution in [2.45, 2.75) is 19.6 Å². The Bertz CT molecular complexity index is 367. The molecule has 17 heavy (non-hydrogen) atoms. The third kappa shape index (κ3) is 3.16. The Hall–Kier alpha value is -2.12. The number of ether oxygens (including phenoxy) is 2. The zero-order valence-corrected chi connectivity index (χ0v) is 9.18. The smallest absolute Gasteiger partial charge is 0.333 e. The van der Waals surface area contributed by atoms with E-state index in [2.05, 4.69) is 0 Å². The van der Waals surface area contributed by atoms with Gasteiger partial charge in [-0.05, 0) is 0 Å². The van der Waals surface area contributed by atoms with Crippen molar-refractivity contribution in [2.24, 2.45) is 5.92 Å². The molecule has 1 amide bonds. The summed E-state index contributed by atoms with van der Waals surface area (Å²) in [5, 5.41) is 10.2. The minimum absolute atomic E-state index is 0.695. The summed E-state index contributed by atoms with van der Waals surface area (Å²) in [5.41, 5.74) is 0. The first-order valence-electron chi connectivity index (χ1n) is 4.68. The van der Waals surface area contributed by atoms with E-state index in [9.17, 15) is 19.2 Å². The molecule has 0 aliphatic carbocycles. The Labute approximate surface area is 95.9 Å². The third-order valence-electron chi connectivity index (χ3n) is 1.84. The van der Waals surface area contributed by atoms with Gasteiger partial charge in [0.25, 0.3) is 5.79 Å². The van der Waals surface area contributed by atoms with Crippen LogP contribution in [0, 0.1) is 5.92 Å². The van der Waals surface area contributed by atoms with Gasteiger partial charge in [-0.15, -0.1) is 0 Å². The highest BCUT2D eigenvalue weighted by Crippen LogP contribution is 2.22. The van der Waals surface area contributed by atoms with Crippen LogP contribution >= 0.6 is 0 Å².